The number of halogens is 1. The molecule has 0 atom stereocenters. The molecule has 0 aliphatic rings. The van der Waals surface area contributed by atoms with Gasteiger partial charge < -0.3 is 4.90 Å². The maximum absolute atomic E-state index is 12.5. The summed E-state index contributed by atoms with van der Waals surface area (Å²) in [4.78, 5) is 15.4. The van der Waals surface area contributed by atoms with E-state index in [-0.39, 0.29) is 5.91 Å². The van der Waals surface area contributed by atoms with E-state index in [9.17, 15) is 4.79 Å². The number of carbonyl (C=O) groups excluding carboxylic acids is 1. The maximum Gasteiger partial charge on any atom is 0.254 e. The highest BCUT2D eigenvalue weighted by molar-refractivity contribution is 9.11. The lowest BCUT2D eigenvalue weighted by atomic mass is 10.1. The van der Waals surface area contributed by atoms with Crippen LogP contribution in [0.1, 0.15) is 27.7 Å². The molecular formula is C15H13BrN2OS. The Bertz CT molecular complexity index is 660. The summed E-state index contributed by atoms with van der Waals surface area (Å²) in [7, 11) is 0. The zero-order valence-corrected chi connectivity index (χ0v) is 13.4. The number of rotatable bonds is 4. The van der Waals surface area contributed by atoms with E-state index in [0.717, 1.165) is 8.66 Å². The van der Waals surface area contributed by atoms with Gasteiger partial charge in [-0.3, -0.25) is 4.79 Å². The van der Waals surface area contributed by atoms with Crippen molar-refractivity contribution in [3.05, 3.63) is 56.2 Å². The molecule has 1 aromatic carbocycles. The van der Waals surface area contributed by atoms with Crippen molar-refractivity contribution >= 4 is 33.2 Å². The van der Waals surface area contributed by atoms with Gasteiger partial charge in [-0.1, -0.05) is 6.07 Å². The third-order valence-corrected chi connectivity index (χ3v) is 4.49. The van der Waals surface area contributed by atoms with Crippen molar-refractivity contribution in [1.82, 2.24) is 4.90 Å². The fraction of sp³-hybridized carbons (Fsp3) is 0.200. The Morgan fingerprint density at radius 1 is 1.40 bits per heavy atom. The van der Waals surface area contributed by atoms with Gasteiger partial charge in [0, 0.05) is 17.0 Å². The topological polar surface area (TPSA) is 44.1 Å². The first-order chi connectivity index (χ1) is 9.63. The molecule has 0 saturated heterocycles. The van der Waals surface area contributed by atoms with Crippen molar-refractivity contribution in [2.24, 2.45) is 0 Å². The highest BCUT2D eigenvalue weighted by Crippen LogP contribution is 2.23. The quantitative estimate of drug-likeness (QED) is 0.836. The van der Waals surface area contributed by atoms with Crippen molar-refractivity contribution in [2.75, 3.05) is 6.54 Å². The molecule has 1 heterocycles. The number of hydrogen-bond acceptors (Lipinski definition) is 3. The lowest BCUT2D eigenvalue weighted by Gasteiger charge is -2.20. The molecule has 0 radical (unpaired) electrons. The smallest absolute Gasteiger partial charge is 0.254 e. The number of benzene rings is 1. The van der Waals surface area contributed by atoms with Gasteiger partial charge >= 0.3 is 0 Å². The van der Waals surface area contributed by atoms with Crippen LogP contribution < -0.4 is 0 Å². The van der Waals surface area contributed by atoms with Crippen LogP contribution in [0.3, 0.4) is 0 Å². The zero-order valence-electron chi connectivity index (χ0n) is 11.0. The minimum absolute atomic E-state index is 0.0471. The average molecular weight is 349 g/mol. The Balaban J connectivity index is 2.18. The summed E-state index contributed by atoms with van der Waals surface area (Å²) in [5.41, 5.74) is 1.06. The summed E-state index contributed by atoms with van der Waals surface area (Å²) >= 11 is 5.05. The minimum atomic E-state index is -0.0471. The maximum atomic E-state index is 12.5. The Hall–Kier alpha value is -1.64. The predicted molar refractivity (Wildman–Crippen MR) is 83.6 cm³/mol. The largest absolute Gasteiger partial charge is 0.334 e. The molecule has 0 bridgehead atoms. The molecule has 2 rings (SSSR count). The third-order valence-electron chi connectivity index (χ3n) is 2.88. The van der Waals surface area contributed by atoms with Crippen LogP contribution in [0, 0.1) is 11.3 Å². The van der Waals surface area contributed by atoms with Gasteiger partial charge in [0.05, 0.1) is 22.0 Å². The Morgan fingerprint density at radius 3 is 2.80 bits per heavy atom. The van der Waals surface area contributed by atoms with Crippen LogP contribution in [-0.2, 0) is 6.54 Å². The molecule has 0 spiro atoms. The highest BCUT2D eigenvalue weighted by Gasteiger charge is 2.15. The predicted octanol–water partition coefficient (Wildman–Crippen LogP) is 4.04. The number of carbonyl (C=O) groups is 1. The van der Waals surface area contributed by atoms with Crippen LogP contribution in [0.5, 0.6) is 0 Å². The van der Waals surface area contributed by atoms with Crippen molar-refractivity contribution in [3.63, 3.8) is 0 Å². The van der Waals surface area contributed by atoms with Crippen LogP contribution in [-0.4, -0.2) is 17.4 Å². The van der Waals surface area contributed by atoms with Gasteiger partial charge in [0.25, 0.3) is 5.91 Å². The molecule has 0 N–H and O–H groups in total. The van der Waals surface area contributed by atoms with Crippen molar-refractivity contribution in [2.45, 2.75) is 13.5 Å². The molecule has 0 saturated carbocycles. The van der Waals surface area contributed by atoms with Crippen molar-refractivity contribution < 1.29 is 4.79 Å². The zero-order chi connectivity index (χ0) is 14.5. The van der Waals surface area contributed by atoms with E-state index in [1.54, 1.807) is 40.5 Å². The third kappa shape index (κ3) is 3.47. The first kappa shape index (κ1) is 14.8. The van der Waals surface area contributed by atoms with Gasteiger partial charge in [0.15, 0.2) is 0 Å². The van der Waals surface area contributed by atoms with Gasteiger partial charge in [0.2, 0.25) is 0 Å². The van der Waals surface area contributed by atoms with Gasteiger partial charge in [-0.05, 0) is 53.2 Å². The van der Waals surface area contributed by atoms with Crippen LogP contribution >= 0.6 is 27.3 Å². The summed E-state index contributed by atoms with van der Waals surface area (Å²) in [6, 6.07) is 12.9. The summed E-state index contributed by atoms with van der Waals surface area (Å²) in [5, 5.41) is 8.90. The van der Waals surface area contributed by atoms with E-state index in [0.29, 0.717) is 24.2 Å². The van der Waals surface area contributed by atoms with Crippen LogP contribution in [0.4, 0.5) is 0 Å². The Morgan fingerprint density at radius 2 is 2.20 bits per heavy atom. The van der Waals surface area contributed by atoms with E-state index in [4.69, 9.17) is 5.26 Å². The summed E-state index contributed by atoms with van der Waals surface area (Å²) in [6.07, 6.45) is 0. The fourth-order valence-electron chi connectivity index (χ4n) is 1.86. The molecule has 0 unspecified atom stereocenters. The molecule has 2 aromatic rings. The number of nitriles is 1. The number of hydrogen-bond donors (Lipinski definition) is 0. The normalized spacial score (nSPS) is 10.1. The van der Waals surface area contributed by atoms with E-state index < -0.39 is 0 Å². The minimum Gasteiger partial charge on any atom is -0.334 e. The Labute approximate surface area is 130 Å². The van der Waals surface area contributed by atoms with Gasteiger partial charge in [-0.2, -0.15) is 5.26 Å². The lowest BCUT2D eigenvalue weighted by Crippen LogP contribution is -2.30. The molecular weight excluding hydrogens is 336 g/mol. The molecule has 0 fully saturated rings. The van der Waals surface area contributed by atoms with E-state index >= 15 is 0 Å². The van der Waals surface area contributed by atoms with Gasteiger partial charge in [0.1, 0.15) is 0 Å². The van der Waals surface area contributed by atoms with E-state index in [2.05, 4.69) is 22.0 Å². The van der Waals surface area contributed by atoms with Crippen molar-refractivity contribution in [1.29, 1.82) is 5.26 Å². The van der Waals surface area contributed by atoms with Gasteiger partial charge in [-0.15, -0.1) is 11.3 Å². The molecule has 1 amide bonds. The van der Waals surface area contributed by atoms with E-state index in [1.807, 2.05) is 19.1 Å². The molecule has 0 aliphatic heterocycles. The molecule has 1 aromatic heterocycles. The standard InChI is InChI=1S/C15H13BrN2OS/c1-2-18(10-13-6-7-14(16)20-13)15(19)12-5-3-4-11(8-12)9-17/h3-8H,2,10H2,1H3. The SMILES string of the molecule is CCN(Cc1ccc(Br)s1)C(=O)c1cccc(C#N)c1. The van der Waals surface area contributed by atoms with Crippen LogP contribution in [0.25, 0.3) is 0 Å². The molecule has 102 valence electrons. The number of thiophene rings is 1. The number of nitrogens with zero attached hydrogens (tertiary/aromatic N) is 2. The molecule has 0 aliphatic carbocycles. The molecule has 20 heavy (non-hydrogen) atoms. The second-order valence-electron chi connectivity index (χ2n) is 4.22. The second kappa shape index (κ2) is 6.69. The monoisotopic (exact) mass is 348 g/mol. The summed E-state index contributed by atoms with van der Waals surface area (Å²) < 4.78 is 1.06. The van der Waals surface area contributed by atoms with Crippen molar-refractivity contribution in [3.8, 4) is 6.07 Å². The Kier molecular flexibility index (Phi) is 4.94. The number of amides is 1. The second-order valence-corrected chi connectivity index (χ2v) is 6.77. The summed E-state index contributed by atoms with van der Waals surface area (Å²) in [6.45, 7) is 3.17. The molecule has 3 nitrogen and oxygen atoms in total. The highest BCUT2D eigenvalue weighted by atomic mass is 79.9. The fourth-order valence-corrected chi connectivity index (χ4v) is 3.36. The van der Waals surface area contributed by atoms with E-state index in [1.165, 1.54) is 0 Å². The first-order valence-electron chi connectivity index (χ1n) is 6.17. The van der Waals surface area contributed by atoms with Gasteiger partial charge in [-0.25, -0.2) is 0 Å². The lowest BCUT2D eigenvalue weighted by molar-refractivity contribution is 0.0754. The average Bonchev–Trinajstić information content (AvgIpc) is 2.89. The first-order valence-corrected chi connectivity index (χ1v) is 7.78. The molecule has 5 heteroatoms. The summed E-state index contributed by atoms with van der Waals surface area (Å²) in [5.74, 6) is -0.0471. The van der Waals surface area contributed by atoms with Crippen LogP contribution in [0.15, 0.2) is 40.2 Å². The van der Waals surface area contributed by atoms with Crippen LogP contribution in [0.2, 0.25) is 0 Å².